The van der Waals surface area contributed by atoms with Crippen LogP contribution in [0.2, 0.25) is 0 Å². The van der Waals surface area contributed by atoms with Crippen molar-refractivity contribution in [3.05, 3.63) is 47.3 Å². The topological polar surface area (TPSA) is 82.0 Å². The number of benzene rings is 1. The molecular formula is C16H11F3N6OS. The van der Waals surface area contributed by atoms with Gasteiger partial charge in [-0.3, -0.25) is 0 Å². The minimum atomic E-state index is -4.67. The fourth-order valence-electron chi connectivity index (χ4n) is 2.41. The molecule has 3 aromatic heterocycles. The van der Waals surface area contributed by atoms with Crippen LogP contribution in [-0.4, -0.2) is 30.0 Å². The predicted octanol–water partition coefficient (Wildman–Crippen LogP) is 3.96. The van der Waals surface area contributed by atoms with Gasteiger partial charge in [0, 0.05) is 11.1 Å². The molecule has 7 nitrogen and oxygen atoms in total. The summed E-state index contributed by atoms with van der Waals surface area (Å²) in [5, 5.41) is 19.3. The van der Waals surface area contributed by atoms with E-state index in [2.05, 4.69) is 25.5 Å². The van der Waals surface area contributed by atoms with Gasteiger partial charge in [0.15, 0.2) is 5.65 Å². The Labute approximate surface area is 154 Å². The van der Waals surface area contributed by atoms with Gasteiger partial charge >= 0.3 is 6.18 Å². The lowest BCUT2D eigenvalue weighted by Crippen LogP contribution is -2.13. The highest BCUT2D eigenvalue weighted by molar-refractivity contribution is 7.99. The predicted molar refractivity (Wildman–Crippen MR) is 89.1 cm³/mol. The Hall–Kier alpha value is -2.95. The van der Waals surface area contributed by atoms with Crippen molar-refractivity contribution in [2.45, 2.75) is 30.3 Å². The Balaban J connectivity index is 1.74. The third-order valence-electron chi connectivity index (χ3n) is 3.91. The summed E-state index contributed by atoms with van der Waals surface area (Å²) >= 11 is 0.986. The highest BCUT2D eigenvalue weighted by Crippen LogP contribution is 2.34. The molecule has 1 aromatic carbocycles. The van der Waals surface area contributed by atoms with Crippen LogP contribution in [0, 0.1) is 13.8 Å². The number of rotatable bonds is 3. The van der Waals surface area contributed by atoms with Crippen molar-refractivity contribution in [1.82, 2.24) is 30.0 Å². The van der Waals surface area contributed by atoms with E-state index in [4.69, 9.17) is 4.42 Å². The van der Waals surface area contributed by atoms with Crippen molar-refractivity contribution in [2.75, 3.05) is 0 Å². The Morgan fingerprint density at radius 1 is 0.963 bits per heavy atom. The maximum atomic E-state index is 13.1. The summed E-state index contributed by atoms with van der Waals surface area (Å²) in [5.41, 5.74) is 2.00. The van der Waals surface area contributed by atoms with Crippen molar-refractivity contribution in [3.8, 4) is 11.5 Å². The molecule has 0 bridgehead atoms. The normalized spacial score (nSPS) is 12.0. The number of hydrogen-bond acceptors (Lipinski definition) is 7. The molecule has 0 saturated heterocycles. The molecule has 3 heterocycles. The fourth-order valence-corrected chi connectivity index (χ4v) is 3.20. The lowest BCUT2D eigenvalue weighted by atomic mass is 10.2. The zero-order chi connectivity index (χ0) is 19.2. The van der Waals surface area contributed by atoms with Crippen molar-refractivity contribution < 1.29 is 17.6 Å². The van der Waals surface area contributed by atoms with Gasteiger partial charge in [-0.2, -0.15) is 22.8 Å². The van der Waals surface area contributed by atoms with E-state index in [1.54, 1.807) is 13.8 Å². The molecule has 0 radical (unpaired) electrons. The van der Waals surface area contributed by atoms with Crippen LogP contribution in [0.15, 0.2) is 45.0 Å². The first-order valence-electron chi connectivity index (χ1n) is 7.71. The first-order chi connectivity index (χ1) is 12.8. The summed E-state index contributed by atoms with van der Waals surface area (Å²) < 4.78 is 45.7. The van der Waals surface area contributed by atoms with Gasteiger partial charge in [0.05, 0.1) is 0 Å². The van der Waals surface area contributed by atoms with Gasteiger partial charge in [-0.15, -0.1) is 20.4 Å². The average molecular weight is 392 g/mol. The van der Waals surface area contributed by atoms with Crippen LogP contribution in [0.4, 0.5) is 13.2 Å². The number of hydrogen-bond donors (Lipinski definition) is 0. The molecule has 0 unspecified atom stereocenters. The lowest BCUT2D eigenvalue weighted by Gasteiger charge is -2.08. The molecule has 4 rings (SSSR count). The zero-order valence-electron chi connectivity index (χ0n) is 14.0. The minimum absolute atomic E-state index is 0.0553. The Bertz CT molecular complexity index is 1120. The van der Waals surface area contributed by atoms with Crippen LogP contribution in [0.3, 0.4) is 0 Å². The summed E-state index contributed by atoms with van der Waals surface area (Å²) in [7, 11) is 0. The van der Waals surface area contributed by atoms with Gasteiger partial charge in [-0.25, -0.2) is 0 Å². The van der Waals surface area contributed by atoms with Gasteiger partial charge in [0.2, 0.25) is 5.89 Å². The van der Waals surface area contributed by atoms with Crippen LogP contribution < -0.4 is 0 Å². The van der Waals surface area contributed by atoms with Crippen LogP contribution in [-0.2, 0) is 6.18 Å². The van der Waals surface area contributed by atoms with Gasteiger partial charge < -0.3 is 4.42 Å². The van der Waals surface area contributed by atoms with Gasteiger partial charge in [-0.1, -0.05) is 18.2 Å². The molecular weight excluding hydrogens is 381 g/mol. The Kier molecular flexibility index (Phi) is 4.10. The first-order valence-corrected chi connectivity index (χ1v) is 8.53. The largest absolute Gasteiger partial charge is 0.453 e. The van der Waals surface area contributed by atoms with Crippen molar-refractivity contribution >= 4 is 17.4 Å². The molecule has 0 spiro atoms. The van der Waals surface area contributed by atoms with E-state index >= 15 is 0 Å². The third-order valence-corrected chi connectivity index (χ3v) is 4.84. The number of fused-ring (bicyclic) bond motifs is 1. The number of aromatic nitrogens is 6. The summed E-state index contributed by atoms with van der Waals surface area (Å²) in [6.45, 7) is 3.40. The van der Waals surface area contributed by atoms with E-state index in [1.807, 2.05) is 30.3 Å². The monoisotopic (exact) mass is 392 g/mol. The van der Waals surface area contributed by atoms with Crippen LogP contribution in [0.5, 0.6) is 0 Å². The fraction of sp³-hybridized carbons (Fsp3) is 0.188. The molecule has 0 N–H and O–H groups in total. The molecule has 27 heavy (non-hydrogen) atoms. The van der Waals surface area contributed by atoms with Crippen molar-refractivity contribution in [1.29, 1.82) is 0 Å². The number of nitrogens with zero attached hydrogens (tertiary/aromatic N) is 6. The maximum Gasteiger partial charge on any atom is 0.453 e. The molecule has 138 valence electrons. The van der Waals surface area contributed by atoms with E-state index in [9.17, 15) is 13.2 Å². The van der Waals surface area contributed by atoms with Gasteiger partial charge in [-0.05, 0) is 43.3 Å². The van der Waals surface area contributed by atoms with Crippen molar-refractivity contribution in [2.24, 2.45) is 0 Å². The minimum Gasteiger partial charge on any atom is -0.411 e. The van der Waals surface area contributed by atoms with Crippen LogP contribution in [0.25, 0.3) is 17.1 Å². The van der Waals surface area contributed by atoms with Crippen LogP contribution >= 0.6 is 11.8 Å². The van der Waals surface area contributed by atoms with E-state index in [0.717, 1.165) is 17.3 Å². The molecule has 0 aliphatic carbocycles. The first kappa shape index (κ1) is 17.5. The van der Waals surface area contributed by atoms with Crippen LogP contribution in [0.1, 0.15) is 17.0 Å². The second-order valence-corrected chi connectivity index (χ2v) is 6.59. The highest BCUT2D eigenvalue weighted by atomic mass is 32.2. The number of aryl methyl sites for hydroxylation is 1. The number of alkyl halides is 3. The Morgan fingerprint density at radius 3 is 2.41 bits per heavy atom. The second kappa shape index (κ2) is 6.34. The van der Waals surface area contributed by atoms with E-state index in [1.165, 1.54) is 0 Å². The Morgan fingerprint density at radius 2 is 1.70 bits per heavy atom. The van der Waals surface area contributed by atoms with E-state index in [-0.39, 0.29) is 10.9 Å². The molecule has 0 fully saturated rings. The summed E-state index contributed by atoms with van der Waals surface area (Å²) in [6, 6.07) is 9.15. The summed E-state index contributed by atoms with van der Waals surface area (Å²) in [6.07, 6.45) is -4.67. The standard InChI is InChI=1S/C16H11F3N6OS/c1-8-9(2)13(24-25-11(8)20-22-14(25)16(17,18)19)27-15-23-21-12(26-15)10-6-4-3-5-7-10/h3-7H,1-2H3. The lowest BCUT2D eigenvalue weighted by molar-refractivity contribution is -0.146. The quantitative estimate of drug-likeness (QED) is 0.522. The van der Waals surface area contributed by atoms with E-state index in [0.29, 0.717) is 26.6 Å². The molecule has 4 aromatic rings. The SMILES string of the molecule is Cc1c(Sc2nnc(-c3ccccc3)o2)nn2c(C(F)(F)F)nnc2c1C. The van der Waals surface area contributed by atoms with Crippen molar-refractivity contribution in [3.63, 3.8) is 0 Å². The average Bonchev–Trinajstić information content (AvgIpc) is 3.27. The third kappa shape index (κ3) is 3.14. The molecule has 0 saturated carbocycles. The molecule has 11 heteroatoms. The van der Waals surface area contributed by atoms with E-state index < -0.39 is 12.0 Å². The molecule has 0 aliphatic heterocycles. The summed E-state index contributed by atoms with van der Waals surface area (Å²) in [4.78, 5) is 0. The zero-order valence-corrected chi connectivity index (χ0v) is 14.8. The summed E-state index contributed by atoms with van der Waals surface area (Å²) in [5.74, 6) is -0.869. The molecule has 0 aliphatic rings. The number of halogens is 3. The van der Waals surface area contributed by atoms with Gasteiger partial charge in [0.1, 0.15) is 5.03 Å². The smallest absolute Gasteiger partial charge is 0.411 e. The molecule has 0 amide bonds. The van der Waals surface area contributed by atoms with Gasteiger partial charge in [0.25, 0.3) is 11.0 Å². The maximum absolute atomic E-state index is 13.1. The molecule has 0 atom stereocenters. The highest BCUT2D eigenvalue weighted by Gasteiger charge is 2.38. The second-order valence-electron chi connectivity index (χ2n) is 5.65.